The van der Waals surface area contributed by atoms with Crippen LogP contribution in [0.25, 0.3) is 0 Å². The number of hydrogen-bond donors (Lipinski definition) is 3. The average molecular weight is 364 g/mol. The van der Waals surface area contributed by atoms with E-state index in [4.69, 9.17) is 21.1 Å². The smallest absolute Gasteiger partial charge is 0.323 e. The zero-order chi connectivity index (χ0) is 18.4. The van der Waals surface area contributed by atoms with Gasteiger partial charge in [-0.2, -0.15) is 0 Å². The molecular formula is C17H18ClN3O4. The van der Waals surface area contributed by atoms with Crippen LogP contribution >= 0.6 is 11.6 Å². The summed E-state index contributed by atoms with van der Waals surface area (Å²) in [4.78, 5) is 23.1. The monoisotopic (exact) mass is 363 g/mol. The molecule has 2 rings (SSSR count). The van der Waals surface area contributed by atoms with E-state index in [-0.39, 0.29) is 5.91 Å². The molecule has 0 heterocycles. The van der Waals surface area contributed by atoms with Gasteiger partial charge in [0.15, 0.2) is 0 Å². The fourth-order valence-corrected chi connectivity index (χ4v) is 2.32. The Morgan fingerprint density at radius 3 is 1.96 bits per heavy atom. The number of nitrogens with one attached hydrogen (secondary N) is 3. The molecule has 0 aliphatic carbocycles. The zero-order valence-corrected chi connectivity index (χ0v) is 14.7. The van der Waals surface area contributed by atoms with E-state index in [0.29, 0.717) is 33.6 Å². The standard InChI is InChI=1S/C17H18ClN3O4/c1-10(22)19-11-4-6-12(7-5-11)20-17(23)21-14-8-13(18)15(24-2)9-16(14)25-3/h4-9H,1-3H3,(H,19,22)(H2,20,21,23). The number of carbonyl (C=O) groups excluding carboxylic acids is 2. The van der Waals surface area contributed by atoms with Crippen LogP contribution in [0.3, 0.4) is 0 Å². The Balaban J connectivity index is 2.07. The second-order valence-corrected chi connectivity index (χ2v) is 5.43. The Morgan fingerprint density at radius 2 is 1.44 bits per heavy atom. The number of halogens is 1. The molecule has 0 spiro atoms. The lowest BCUT2D eigenvalue weighted by Gasteiger charge is -2.14. The molecule has 3 N–H and O–H groups in total. The Bertz CT molecular complexity index is 778. The highest BCUT2D eigenvalue weighted by Gasteiger charge is 2.12. The third-order valence-corrected chi connectivity index (χ3v) is 3.48. The molecule has 8 heteroatoms. The van der Waals surface area contributed by atoms with E-state index in [9.17, 15) is 9.59 Å². The van der Waals surface area contributed by atoms with E-state index in [1.807, 2.05) is 0 Å². The molecule has 0 bridgehead atoms. The van der Waals surface area contributed by atoms with Gasteiger partial charge in [0.05, 0.1) is 24.9 Å². The predicted octanol–water partition coefficient (Wildman–Crippen LogP) is 3.96. The van der Waals surface area contributed by atoms with Crippen LogP contribution in [0, 0.1) is 0 Å². The minimum atomic E-state index is -0.466. The first kappa shape index (κ1) is 18.4. The van der Waals surface area contributed by atoms with Crippen molar-refractivity contribution in [2.45, 2.75) is 6.92 Å². The van der Waals surface area contributed by atoms with Crippen LogP contribution in [-0.4, -0.2) is 26.2 Å². The average Bonchev–Trinajstić information content (AvgIpc) is 2.56. The van der Waals surface area contributed by atoms with E-state index < -0.39 is 6.03 Å². The maximum Gasteiger partial charge on any atom is 0.323 e. The molecule has 0 radical (unpaired) electrons. The largest absolute Gasteiger partial charge is 0.495 e. The number of methoxy groups -OCH3 is 2. The molecular weight excluding hydrogens is 346 g/mol. The maximum atomic E-state index is 12.2. The quantitative estimate of drug-likeness (QED) is 0.750. The van der Waals surface area contributed by atoms with Crippen LogP contribution in [0.15, 0.2) is 36.4 Å². The molecule has 2 aromatic rings. The van der Waals surface area contributed by atoms with Crippen LogP contribution in [0.2, 0.25) is 5.02 Å². The van der Waals surface area contributed by atoms with Gasteiger partial charge in [0.25, 0.3) is 0 Å². The van der Waals surface area contributed by atoms with Crippen molar-refractivity contribution < 1.29 is 19.1 Å². The highest BCUT2D eigenvalue weighted by Crippen LogP contribution is 2.35. The Labute approximate surface area is 150 Å². The van der Waals surface area contributed by atoms with Gasteiger partial charge in [-0.3, -0.25) is 4.79 Å². The summed E-state index contributed by atoms with van der Waals surface area (Å²) in [7, 11) is 2.97. The molecule has 2 aromatic carbocycles. The summed E-state index contributed by atoms with van der Waals surface area (Å²) in [6.45, 7) is 1.42. The molecule has 7 nitrogen and oxygen atoms in total. The molecule has 0 aliphatic rings. The summed E-state index contributed by atoms with van der Waals surface area (Å²) in [5.41, 5.74) is 1.60. The van der Waals surface area contributed by atoms with Crippen LogP contribution in [0.4, 0.5) is 21.9 Å². The lowest BCUT2D eigenvalue weighted by Crippen LogP contribution is -2.20. The van der Waals surface area contributed by atoms with Gasteiger partial charge in [-0.15, -0.1) is 0 Å². The fourth-order valence-electron chi connectivity index (χ4n) is 2.08. The van der Waals surface area contributed by atoms with Crippen LogP contribution in [0.5, 0.6) is 11.5 Å². The van der Waals surface area contributed by atoms with Crippen molar-refractivity contribution in [1.29, 1.82) is 0 Å². The molecule has 3 amide bonds. The fraction of sp³-hybridized carbons (Fsp3) is 0.176. The number of hydrogen-bond acceptors (Lipinski definition) is 4. The molecule has 25 heavy (non-hydrogen) atoms. The van der Waals surface area contributed by atoms with E-state index in [2.05, 4.69) is 16.0 Å². The van der Waals surface area contributed by atoms with Crippen LogP contribution in [0.1, 0.15) is 6.92 Å². The molecule has 0 fully saturated rings. The predicted molar refractivity (Wildman–Crippen MR) is 97.9 cm³/mol. The molecule has 0 aliphatic heterocycles. The van der Waals surface area contributed by atoms with Gasteiger partial charge in [0, 0.05) is 24.4 Å². The molecule has 0 saturated heterocycles. The lowest BCUT2D eigenvalue weighted by atomic mass is 10.2. The molecule has 0 aromatic heterocycles. The normalized spacial score (nSPS) is 9.92. The number of urea groups is 1. The zero-order valence-electron chi connectivity index (χ0n) is 14.0. The topological polar surface area (TPSA) is 88.7 Å². The van der Waals surface area contributed by atoms with Gasteiger partial charge < -0.3 is 25.4 Å². The Morgan fingerprint density at radius 1 is 0.880 bits per heavy atom. The van der Waals surface area contributed by atoms with Crippen molar-refractivity contribution in [3.63, 3.8) is 0 Å². The van der Waals surface area contributed by atoms with Crippen molar-refractivity contribution in [1.82, 2.24) is 0 Å². The maximum absolute atomic E-state index is 12.2. The number of anilines is 3. The van der Waals surface area contributed by atoms with E-state index in [1.54, 1.807) is 36.4 Å². The summed E-state index contributed by atoms with van der Waals surface area (Å²) >= 11 is 6.07. The third kappa shape index (κ3) is 5.02. The number of benzene rings is 2. The molecule has 132 valence electrons. The Kier molecular flexibility index (Phi) is 6.08. The molecule has 0 atom stereocenters. The molecule has 0 saturated carbocycles. The summed E-state index contributed by atoms with van der Waals surface area (Å²) in [6, 6.07) is 9.36. The van der Waals surface area contributed by atoms with Gasteiger partial charge in [-0.25, -0.2) is 4.79 Å². The van der Waals surface area contributed by atoms with E-state index in [0.717, 1.165) is 0 Å². The number of amides is 3. The lowest BCUT2D eigenvalue weighted by molar-refractivity contribution is -0.114. The minimum Gasteiger partial charge on any atom is -0.495 e. The van der Waals surface area contributed by atoms with Crippen molar-refractivity contribution in [3.05, 3.63) is 41.4 Å². The highest BCUT2D eigenvalue weighted by molar-refractivity contribution is 6.32. The number of carbonyl (C=O) groups is 2. The number of ether oxygens (including phenoxy) is 2. The number of rotatable bonds is 5. The van der Waals surface area contributed by atoms with E-state index >= 15 is 0 Å². The summed E-state index contributed by atoms with van der Waals surface area (Å²) in [5, 5.41) is 8.33. The highest BCUT2D eigenvalue weighted by atomic mass is 35.5. The van der Waals surface area contributed by atoms with Crippen LogP contribution < -0.4 is 25.4 Å². The first-order valence-electron chi connectivity index (χ1n) is 7.30. The summed E-state index contributed by atoms with van der Waals surface area (Å²) in [6.07, 6.45) is 0. The van der Waals surface area contributed by atoms with E-state index in [1.165, 1.54) is 21.1 Å². The summed E-state index contributed by atoms with van der Waals surface area (Å²) in [5.74, 6) is 0.692. The van der Waals surface area contributed by atoms with Crippen molar-refractivity contribution in [2.24, 2.45) is 0 Å². The first-order chi connectivity index (χ1) is 11.9. The van der Waals surface area contributed by atoms with Crippen LogP contribution in [-0.2, 0) is 4.79 Å². The second-order valence-electron chi connectivity index (χ2n) is 5.02. The van der Waals surface area contributed by atoms with Crippen molar-refractivity contribution in [2.75, 3.05) is 30.2 Å². The SMILES string of the molecule is COc1cc(OC)c(NC(=O)Nc2ccc(NC(C)=O)cc2)cc1Cl. The Hall–Kier alpha value is -2.93. The molecule has 0 unspecified atom stereocenters. The van der Waals surface area contributed by atoms with Gasteiger partial charge >= 0.3 is 6.03 Å². The minimum absolute atomic E-state index is 0.165. The third-order valence-electron chi connectivity index (χ3n) is 3.19. The van der Waals surface area contributed by atoms with Crippen molar-refractivity contribution >= 4 is 40.6 Å². The van der Waals surface area contributed by atoms with Gasteiger partial charge in [0.1, 0.15) is 11.5 Å². The van der Waals surface area contributed by atoms with Gasteiger partial charge in [-0.1, -0.05) is 11.6 Å². The summed E-state index contributed by atoms with van der Waals surface area (Å²) < 4.78 is 10.3. The van der Waals surface area contributed by atoms with Gasteiger partial charge in [-0.05, 0) is 30.3 Å². The van der Waals surface area contributed by atoms with Crippen molar-refractivity contribution in [3.8, 4) is 11.5 Å². The second kappa shape index (κ2) is 8.25. The van der Waals surface area contributed by atoms with Gasteiger partial charge in [0.2, 0.25) is 5.91 Å². The first-order valence-corrected chi connectivity index (χ1v) is 7.68.